The number of likely N-dealkylation sites (tertiary alicyclic amines) is 1. The second-order valence-electron chi connectivity index (χ2n) is 6.39. The van der Waals surface area contributed by atoms with E-state index in [1.807, 2.05) is 32.0 Å². The smallest absolute Gasteiger partial charge is 0.243 e. The van der Waals surface area contributed by atoms with Gasteiger partial charge in [0.25, 0.3) is 0 Å². The standard InChI is InChI=1S/C18H25N5O2S/c1-3-16-21-22-18(26-16)20-17(24)13(2)23-10-7-15(8-11-23)25-12-14-6-4-5-9-19-14/h4-6,9,13,15H,3,7-8,10-12H2,1-2H3,(H,20,22,24). The van der Waals surface area contributed by atoms with Crippen LogP contribution in [0, 0.1) is 0 Å². The minimum absolute atomic E-state index is 0.0309. The Morgan fingerprint density at radius 2 is 2.19 bits per heavy atom. The van der Waals surface area contributed by atoms with Gasteiger partial charge in [0.05, 0.1) is 24.4 Å². The highest BCUT2D eigenvalue weighted by Crippen LogP contribution is 2.19. The van der Waals surface area contributed by atoms with Crippen LogP contribution in [-0.2, 0) is 22.6 Å². The third-order valence-electron chi connectivity index (χ3n) is 4.60. The van der Waals surface area contributed by atoms with Crippen molar-refractivity contribution in [3.8, 4) is 0 Å². The number of rotatable bonds is 7. The highest BCUT2D eigenvalue weighted by atomic mass is 32.1. The first-order valence-electron chi connectivity index (χ1n) is 9.04. The maximum Gasteiger partial charge on any atom is 0.243 e. The molecule has 2 aromatic heterocycles. The molecule has 26 heavy (non-hydrogen) atoms. The largest absolute Gasteiger partial charge is 0.372 e. The predicted molar refractivity (Wildman–Crippen MR) is 101 cm³/mol. The van der Waals surface area contributed by atoms with E-state index in [0.29, 0.717) is 11.7 Å². The molecule has 2 aromatic rings. The maximum absolute atomic E-state index is 12.4. The third kappa shape index (κ3) is 5.06. The van der Waals surface area contributed by atoms with Gasteiger partial charge in [0.2, 0.25) is 11.0 Å². The summed E-state index contributed by atoms with van der Waals surface area (Å²) in [5.41, 5.74) is 0.950. The first kappa shape index (κ1) is 18.9. The molecule has 1 atom stereocenters. The lowest BCUT2D eigenvalue weighted by atomic mass is 10.1. The minimum Gasteiger partial charge on any atom is -0.372 e. The molecule has 0 bridgehead atoms. The summed E-state index contributed by atoms with van der Waals surface area (Å²) in [6.45, 7) is 6.19. The highest BCUT2D eigenvalue weighted by molar-refractivity contribution is 7.15. The molecular weight excluding hydrogens is 350 g/mol. The highest BCUT2D eigenvalue weighted by Gasteiger charge is 2.27. The number of aromatic nitrogens is 3. The number of carbonyl (C=O) groups excluding carboxylic acids is 1. The number of nitrogens with zero attached hydrogens (tertiary/aromatic N) is 4. The Morgan fingerprint density at radius 3 is 2.85 bits per heavy atom. The molecule has 1 N–H and O–H groups in total. The number of pyridine rings is 1. The fraction of sp³-hybridized carbons (Fsp3) is 0.556. The Balaban J connectivity index is 1.42. The first-order valence-corrected chi connectivity index (χ1v) is 9.86. The second kappa shape index (κ2) is 9.16. The molecule has 1 saturated heterocycles. The monoisotopic (exact) mass is 375 g/mol. The molecule has 3 rings (SSSR count). The topological polar surface area (TPSA) is 80.2 Å². The van der Waals surface area contributed by atoms with Crippen LogP contribution in [0.25, 0.3) is 0 Å². The number of amides is 1. The molecule has 1 aliphatic heterocycles. The van der Waals surface area contributed by atoms with Crippen molar-refractivity contribution in [2.45, 2.75) is 51.9 Å². The Bertz CT molecular complexity index is 701. The summed E-state index contributed by atoms with van der Waals surface area (Å²) in [5.74, 6) is -0.0309. The zero-order valence-corrected chi connectivity index (χ0v) is 16.0. The van der Waals surface area contributed by atoms with Crippen molar-refractivity contribution in [3.05, 3.63) is 35.1 Å². The number of hydrogen-bond donors (Lipinski definition) is 1. The van der Waals surface area contributed by atoms with Crippen LogP contribution in [0.1, 0.15) is 37.4 Å². The van der Waals surface area contributed by atoms with Gasteiger partial charge in [0, 0.05) is 19.3 Å². The van der Waals surface area contributed by atoms with E-state index in [2.05, 4.69) is 25.4 Å². The zero-order chi connectivity index (χ0) is 18.4. The lowest BCUT2D eigenvalue weighted by Gasteiger charge is -2.35. The lowest BCUT2D eigenvalue weighted by Crippen LogP contribution is -2.47. The molecule has 1 amide bonds. The molecule has 1 unspecified atom stereocenters. The van der Waals surface area contributed by atoms with Gasteiger partial charge < -0.3 is 4.74 Å². The van der Waals surface area contributed by atoms with Crippen molar-refractivity contribution >= 4 is 22.4 Å². The zero-order valence-electron chi connectivity index (χ0n) is 15.2. The van der Waals surface area contributed by atoms with E-state index < -0.39 is 0 Å². The van der Waals surface area contributed by atoms with E-state index in [1.165, 1.54) is 11.3 Å². The van der Waals surface area contributed by atoms with Crippen LogP contribution in [0.3, 0.4) is 0 Å². The van der Waals surface area contributed by atoms with Crippen molar-refractivity contribution in [3.63, 3.8) is 0 Å². The van der Waals surface area contributed by atoms with Crippen LogP contribution in [0.15, 0.2) is 24.4 Å². The van der Waals surface area contributed by atoms with E-state index in [9.17, 15) is 4.79 Å². The van der Waals surface area contributed by atoms with Gasteiger partial charge in [-0.2, -0.15) is 0 Å². The molecule has 0 saturated carbocycles. The van der Waals surface area contributed by atoms with Crippen molar-refractivity contribution < 1.29 is 9.53 Å². The summed E-state index contributed by atoms with van der Waals surface area (Å²) in [7, 11) is 0. The summed E-state index contributed by atoms with van der Waals surface area (Å²) in [4.78, 5) is 18.9. The van der Waals surface area contributed by atoms with E-state index >= 15 is 0 Å². The third-order valence-corrected chi connectivity index (χ3v) is 5.58. The van der Waals surface area contributed by atoms with E-state index in [1.54, 1.807) is 6.20 Å². The predicted octanol–water partition coefficient (Wildman–Crippen LogP) is 2.50. The molecule has 140 valence electrons. The van der Waals surface area contributed by atoms with Crippen LogP contribution in [0.2, 0.25) is 0 Å². The van der Waals surface area contributed by atoms with Crippen LogP contribution >= 0.6 is 11.3 Å². The van der Waals surface area contributed by atoms with E-state index in [-0.39, 0.29) is 18.1 Å². The molecule has 0 spiro atoms. The summed E-state index contributed by atoms with van der Waals surface area (Å²) in [6, 6.07) is 5.65. The summed E-state index contributed by atoms with van der Waals surface area (Å²) in [6.07, 6.45) is 4.67. The number of carbonyl (C=O) groups is 1. The van der Waals surface area contributed by atoms with Gasteiger partial charge in [-0.1, -0.05) is 24.3 Å². The summed E-state index contributed by atoms with van der Waals surface area (Å²) < 4.78 is 5.96. The minimum atomic E-state index is -0.194. The normalized spacial score (nSPS) is 17.2. The Labute approximate surface area is 157 Å². The van der Waals surface area contributed by atoms with Crippen LogP contribution < -0.4 is 5.32 Å². The van der Waals surface area contributed by atoms with Gasteiger partial charge in [-0.3, -0.25) is 20.0 Å². The molecule has 8 heteroatoms. The van der Waals surface area contributed by atoms with Gasteiger partial charge in [0.15, 0.2) is 0 Å². The molecule has 1 aliphatic rings. The molecule has 1 fully saturated rings. The molecule has 0 radical (unpaired) electrons. The summed E-state index contributed by atoms with van der Waals surface area (Å²) in [5, 5.41) is 12.4. The first-order chi connectivity index (χ1) is 12.7. The van der Waals surface area contributed by atoms with Gasteiger partial charge in [-0.25, -0.2) is 0 Å². The average Bonchev–Trinajstić information content (AvgIpc) is 3.14. The number of anilines is 1. The van der Waals surface area contributed by atoms with Crippen molar-refractivity contribution in [1.82, 2.24) is 20.1 Å². The quantitative estimate of drug-likeness (QED) is 0.801. The fourth-order valence-electron chi connectivity index (χ4n) is 2.94. The lowest BCUT2D eigenvalue weighted by molar-refractivity contribution is -0.122. The van der Waals surface area contributed by atoms with Crippen LogP contribution in [0.4, 0.5) is 5.13 Å². The molecule has 7 nitrogen and oxygen atoms in total. The van der Waals surface area contributed by atoms with Gasteiger partial charge in [-0.15, -0.1) is 10.2 Å². The van der Waals surface area contributed by atoms with Gasteiger partial charge in [-0.05, 0) is 38.3 Å². The van der Waals surface area contributed by atoms with Crippen molar-refractivity contribution in [2.24, 2.45) is 0 Å². The number of aryl methyl sites for hydroxylation is 1. The average molecular weight is 375 g/mol. The number of piperidine rings is 1. The maximum atomic E-state index is 12.4. The van der Waals surface area contributed by atoms with Crippen molar-refractivity contribution in [1.29, 1.82) is 0 Å². The summed E-state index contributed by atoms with van der Waals surface area (Å²) >= 11 is 1.43. The number of ether oxygens (including phenoxy) is 1. The number of nitrogens with one attached hydrogen (secondary N) is 1. The van der Waals surface area contributed by atoms with Gasteiger partial charge >= 0.3 is 0 Å². The van der Waals surface area contributed by atoms with E-state index in [0.717, 1.165) is 43.1 Å². The Morgan fingerprint density at radius 1 is 1.38 bits per heavy atom. The molecular formula is C18H25N5O2S. The Kier molecular flexibility index (Phi) is 6.65. The Hall–Kier alpha value is -1.90. The SMILES string of the molecule is CCc1nnc(NC(=O)C(C)N2CCC(OCc3ccccn3)CC2)s1. The molecule has 0 aliphatic carbocycles. The van der Waals surface area contributed by atoms with Crippen LogP contribution in [-0.4, -0.2) is 51.2 Å². The van der Waals surface area contributed by atoms with Gasteiger partial charge in [0.1, 0.15) is 5.01 Å². The van der Waals surface area contributed by atoms with Crippen molar-refractivity contribution in [2.75, 3.05) is 18.4 Å². The molecule has 3 heterocycles. The second-order valence-corrected chi connectivity index (χ2v) is 7.45. The number of hydrogen-bond acceptors (Lipinski definition) is 7. The fourth-order valence-corrected chi connectivity index (χ4v) is 3.62. The van der Waals surface area contributed by atoms with Crippen LogP contribution in [0.5, 0.6) is 0 Å². The van der Waals surface area contributed by atoms with E-state index in [4.69, 9.17) is 4.74 Å². The molecule has 0 aromatic carbocycles.